The van der Waals surface area contributed by atoms with Crippen molar-refractivity contribution in [1.29, 1.82) is 0 Å². The summed E-state index contributed by atoms with van der Waals surface area (Å²) in [6.07, 6.45) is -12.1. The predicted octanol–water partition coefficient (Wildman–Crippen LogP) is -2.82. The number of ether oxygens (including phenoxy) is 2. The van der Waals surface area contributed by atoms with Crippen molar-refractivity contribution in [2.24, 2.45) is 0 Å². The molecule has 31 heteroatoms. The maximum atomic E-state index is 12.3. The second-order valence-corrected chi connectivity index (χ2v) is 16.5. The fourth-order valence-electron chi connectivity index (χ4n) is 4.25. The molecule has 4 rings (SSSR count). The van der Waals surface area contributed by atoms with Crippen LogP contribution in [0.3, 0.4) is 0 Å². The Morgan fingerprint density at radius 3 is 1.45 bits per heavy atom. The number of phosphoric acid groups is 4. The number of rotatable bonds is 14. The van der Waals surface area contributed by atoms with Crippen LogP contribution < -0.4 is 16.9 Å². The average Bonchev–Trinajstić information content (AvgIpc) is 3.38. The standard InChI is InChI=1S/C18H26N4O22P4S/c23-9-1-3-21(17(28)19-9)15-13(26)11(24)7(40-15)5-38-45(30,31)42-47(34,35)44-48(36,37)43-46(32,33)39-6-8-12(25)14(27)16(41-8)22-4-2-10(49)20-18(22)29/h1-4,7-8,11-16,24-27H,5-6H2,(H,30,31)(H,32,33)(H,34,35)(H,36,37)(H,19,23,28)(H,20,29,49)/t7-,8-,11-,12-,13-,14-,15+,16+/m1/s1. The number of aromatic nitrogens is 4. The topological polar surface area (TPSA) is 387 Å². The van der Waals surface area contributed by atoms with Crippen molar-refractivity contribution in [3.8, 4) is 0 Å². The van der Waals surface area contributed by atoms with E-state index >= 15 is 0 Å². The van der Waals surface area contributed by atoms with Gasteiger partial charge in [0.25, 0.3) is 5.56 Å². The molecule has 2 aromatic rings. The lowest BCUT2D eigenvalue weighted by molar-refractivity contribution is -0.0543. The minimum absolute atomic E-state index is 0.0212. The molecular weight excluding hydrogens is 780 g/mol. The second-order valence-electron chi connectivity index (χ2n) is 9.84. The van der Waals surface area contributed by atoms with Gasteiger partial charge in [-0.15, -0.1) is 0 Å². The molecule has 10 N–H and O–H groups in total. The molecule has 2 aliphatic rings. The van der Waals surface area contributed by atoms with Crippen LogP contribution in [-0.2, 0) is 49.7 Å². The summed E-state index contributed by atoms with van der Waals surface area (Å²) in [6, 6.07) is 2.11. The third kappa shape index (κ3) is 10.1. The zero-order valence-corrected chi connectivity index (χ0v) is 28.1. The van der Waals surface area contributed by atoms with Gasteiger partial charge < -0.3 is 49.5 Å². The predicted molar refractivity (Wildman–Crippen MR) is 154 cm³/mol. The summed E-state index contributed by atoms with van der Waals surface area (Å²) in [5.74, 6) is 0. The minimum atomic E-state index is -6.23. The highest BCUT2D eigenvalue weighted by molar-refractivity contribution is 7.71. The maximum Gasteiger partial charge on any atom is 0.490 e. The number of nitrogens with zero attached hydrogens (tertiary/aromatic N) is 2. The average molecular weight is 806 g/mol. The SMILES string of the molecule is O=c1ccn([C@H]2O[C@H](COP(=O)(O)OP(=O)(O)OP(=O)(O)OP(=O)(O)OC[C@H]3O[C@H](n4ccc(=S)[nH]c4=O)[C@H](O)[C@@H]3O)[C@@H](O)[C@H]2O)c(=O)[nH]1. The Morgan fingerprint density at radius 2 is 1.04 bits per heavy atom. The van der Waals surface area contributed by atoms with Crippen molar-refractivity contribution in [2.75, 3.05) is 13.2 Å². The van der Waals surface area contributed by atoms with Crippen LogP contribution in [0.15, 0.2) is 38.9 Å². The number of hydrogen-bond donors (Lipinski definition) is 10. The van der Waals surface area contributed by atoms with E-state index in [1.807, 2.05) is 4.98 Å². The Kier molecular flexibility index (Phi) is 12.2. The molecule has 49 heavy (non-hydrogen) atoms. The molecule has 0 radical (unpaired) electrons. The van der Waals surface area contributed by atoms with E-state index in [1.165, 1.54) is 6.07 Å². The van der Waals surface area contributed by atoms with Gasteiger partial charge in [0.1, 0.15) is 41.3 Å². The van der Waals surface area contributed by atoms with Crippen LogP contribution >= 0.6 is 43.5 Å². The van der Waals surface area contributed by atoms with Gasteiger partial charge in [-0.2, -0.15) is 12.9 Å². The number of phosphoric ester groups is 2. The first-order valence-electron chi connectivity index (χ1n) is 12.9. The Morgan fingerprint density at radius 1 is 0.653 bits per heavy atom. The maximum absolute atomic E-state index is 12.3. The fourth-order valence-corrected chi connectivity index (χ4v) is 9.35. The summed E-state index contributed by atoms with van der Waals surface area (Å²) in [4.78, 5) is 78.4. The molecule has 4 heterocycles. The van der Waals surface area contributed by atoms with E-state index in [2.05, 4.69) is 27.0 Å². The summed E-state index contributed by atoms with van der Waals surface area (Å²) >= 11 is 4.78. The summed E-state index contributed by atoms with van der Waals surface area (Å²) in [7, 11) is -24.1. The van der Waals surface area contributed by atoms with Gasteiger partial charge >= 0.3 is 42.7 Å². The molecule has 2 aliphatic heterocycles. The Balaban J connectivity index is 1.31. The third-order valence-electron chi connectivity index (χ3n) is 6.35. The van der Waals surface area contributed by atoms with Crippen LogP contribution in [0.4, 0.5) is 0 Å². The van der Waals surface area contributed by atoms with Crippen LogP contribution in [0.25, 0.3) is 0 Å². The number of nitrogens with one attached hydrogen (secondary N) is 2. The van der Waals surface area contributed by atoms with E-state index in [4.69, 9.17) is 21.7 Å². The highest BCUT2D eigenvalue weighted by Crippen LogP contribution is 2.71. The second kappa shape index (κ2) is 15.0. The Hall–Kier alpha value is -1.90. The third-order valence-corrected chi connectivity index (χ3v) is 12.5. The van der Waals surface area contributed by atoms with Crippen LogP contribution in [0.5, 0.6) is 0 Å². The highest BCUT2D eigenvalue weighted by atomic mass is 32.1. The summed E-state index contributed by atoms with van der Waals surface area (Å²) in [6.45, 7) is -2.38. The number of hydrogen-bond acceptors (Lipinski definition) is 19. The zero-order valence-electron chi connectivity index (χ0n) is 23.7. The molecule has 0 bridgehead atoms. The molecule has 2 aromatic heterocycles. The fraction of sp³-hybridized carbons (Fsp3) is 0.556. The number of aliphatic hydroxyl groups is 4. The number of H-pyrrole nitrogens is 2. The van der Waals surface area contributed by atoms with Gasteiger partial charge in [-0.05, 0) is 6.07 Å². The monoisotopic (exact) mass is 806 g/mol. The number of aromatic amines is 2. The summed E-state index contributed by atoms with van der Waals surface area (Å²) in [5.41, 5.74) is -2.75. The van der Waals surface area contributed by atoms with Crippen molar-refractivity contribution in [2.45, 2.75) is 49.1 Å². The molecule has 0 aromatic carbocycles. The molecule has 2 saturated heterocycles. The van der Waals surface area contributed by atoms with Gasteiger partial charge in [0.15, 0.2) is 12.5 Å². The molecule has 4 unspecified atom stereocenters. The van der Waals surface area contributed by atoms with Gasteiger partial charge in [-0.25, -0.2) is 27.8 Å². The smallest absolute Gasteiger partial charge is 0.387 e. The molecule has 12 atom stereocenters. The van der Waals surface area contributed by atoms with Gasteiger partial charge in [0.05, 0.1) is 13.2 Å². The molecule has 26 nitrogen and oxygen atoms in total. The van der Waals surface area contributed by atoms with Gasteiger partial charge in [0, 0.05) is 18.5 Å². The lowest BCUT2D eigenvalue weighted by atomic mass is 10.1. The van der Waals surface area contributed by atoms with Crippen LogP contribution in [0.2, 0.25) is 0 Å². The first-order valence-corrected chi connectivity index (χ1v) is 19.3. The van der Waals surface area contributed by atoms with Crippen LogP contribution in [-0.4, -0.2) is 109 Å². The molecule has 2 fully saturated rings. The van der Waals surface area contributed by atoms with E-state index in [0.29, 0.717) is 4.57 Å². The van der Waals surface area contributed by atoms with Crippen molar-refractivity contribution in [1.82, 2.24) is 19.1 Å². The molecule has 0 saturated carbocycles. The zero-order chi connectivity index (χ0) is 36.7. The molecule has 276 valence electrons. The largest absolute Gasteiger partial charge is 0.490 e. The number of aliphatic hydroxyl groups excluding tert-OH is 4. The van der Waals surface area contributed by atoms with E-state index < -0.39 is 111 Å². The molecule has 0 aliphatic carbocycles. The van der Waals surface area contributed by atoms with E-state index in [1.54, 1.807) is 0 Å². The first kappa shape index (κ1) is 39.9. The first-order chi connectivity index (χ1) is 22.5. The Labute approximate surface area is 275 Å². The molecule has 0 spiro atoms. The Bertz CT molecular complexity index is 1830. The normalized spacial score (nSPS) is 32.2. The van der Waals surface area contributed by atoms with E-state index in [9.17, 15) is 72.6 Å². The summed E-state index contributed by atoms with van der Waals surface area (Å²) in [5, 5.41) is 40.8. The lowest BCUT2D eigenvalue weighted by Gasteiger charge is -2.21. The lowest BCUT2D eigenvalue weighted by Crippen LogP contribution is -2.37. The van der Waals surface area contributed by atoms with Gasteiger partial charge in [-0.3, -0.25) is 32.9 Å². The van der Waals surface area contributed by atoms with E-state index in [0.717, 1.165) is 23.0 Å². The molecular formula is C18H26N4O22P4S. The minimum Gasteiger partial charge on any atom is -0.387 e. The van der Waals surface area contributed by atoms with Crippen molar-refractivity contribution < 1.29 is 89.7 Å². The van der Waals surface area contributed by atoms with Crippen LogP contribution in [0.1, 0.15) is 12.5 Å². The highest BCUT2D eigenvalue weighted by Gasteiger charge is 2.49. The van der Waals surface area contributed by atoms with Crippen molar-refractivity contribution in [3.63, 3.8) is 0 Å². The molecule has 0 amide bonds. The van der Waals surface area contributed by atoms with Gasteiger partial charge in [0.2, 0.25) is 0 Å². The van der Waals surface area contributed by atoms with Gasteiger partial charge in [-0.1, -0.05) is 12.2 Å². The van der Waals surface area contributed by atoms with Crippen molar-refractivity contribution >= 4 is 43.5 Å². The van der Waals surface area contributed by atoms with Crippen molar-refractivity contribution in [3.05, 3.63) is 60.5 Å². The quantitative estimate of drug-likeness (QED) is 0.0680. The van der Waals surface area contributed by atoms with Crippen LogP contribution in [0, 0.1) is 4.64 Å². The van der Waals surface area contributed by atoms with E-state index in [-0.39, 0.29) is 4.64 Å². The summed E-state index contributed by atoms with van der Waals surface area (Å²) < 4.78 is 80.9.